The van der Waals surface area contributed by atoms with Gasteiger partial charge in [0, 0.05) is 19.3 Å². The van der Waals surface area contributed by atoms with Crippen molar-refractivity contribution in [2.75, 3.05) is 25.2 Å². The van der Waals surface area contributed by atoms with Crippen LogP contribution in [-0.4, -0.2) is 58.2 Å². The van der Waals surface area contributed by atoms with Crippen LogP contribution in [0.5, 0.6) is 0 Å². The van der Waals surface area contributed by atoms with E-state index in [0.29, 0.717) is 23.5 Å². The molecular formula is C11H18N2O3S. The van der Waals surface area contributed by atoms with Crippen molar-refractivity contribution in [3.05, 3.63) is 0 Å². The monoisotopic (exact) mass is 258 g/mol. The number of carboxylic acid groups (broad SMARTS) is 1. The highest BCUT2D eigenvalue weighted by Gasteiger charge is 2.39. The highest BCUT2D eigenvalue weighted by atomic mass is 32.2. The lowest BCUT2D eigenvalue weighted by atomic mass is 10.3. The predicted octanol–water partition coefficient (Wildman–Crippen LogP) is 1.15. The van der Waals surface area contributed by atoms with Crippen LogP contribution in [-0.2, 0) is 4.79 Å². The molecular weight excluding hydrogens is 240 g/mol. The third-order valence-electron chi connectivity index (χ3n) is 3.52. The highest BCUT2D eigenvalue weighted by molar-refractivity contribution is 7.99. The number of amides is 2. The van der Waals surface area contributed by atoms with E-state index in [-0.39, 0.29) is 6.03 Å². The fraction of sp³-hybridized carbons (Fsp3) is 0.818. The molecule has 1 N–H and O–H groups in total. The van der Waals surface area contributed by atoms with Crippen LogP contribution in [0.15, 0.2) is 0 Å². The van der Waals surface area contributed by atoms with E-state index in [0.717, 1.165) is 6.54 Å². The van der Waals surface area contributed by atoms with Gasteiger partial charge in [-0.05, 0) is 18.3 Å². The summed E-state index contributed by atoms with van der Waals surface area (Å²) in [6.07, 6.45) is 1.18. The van der Waals surface area contributed by atoms with Crippen LogP contribution in [0.1, 0.15) is 13.3 Å². The zero-order valence-corrected chi connectivity index (χ0v) is 10.9. The van der Waals surface area contributed by atoms with Gasteiger partial charge >= 0.3 is 12.0 Å². The summed E-state index contributed by atoms with van der Waals surface area (Å²) in [6, 6.07) is -0.812. The molecule has 3 atom stereocenters. The van der Waals surface area contributed by atoms with Crippen molar-refractivity contribution >= 4 is 23.8 Å². The third-order valence-corrected chi connectivity index (χ3v) is 4.54. The summed E-state index contributed by atoms with van der Waals surface area (Å²) < 4.78 is 0. The van der Waals surface area contributed by atoms with E-state index in [2.05, 4.69) is 6.92 Å². The summed E-state index contributed by atoms with van der Waals surface area (Å²) in [5.74, 6) is 1.38. The van der Waals surface area contributed by atoms with Crippen molar-refractivity contribution < 1.29 is 14.7 Å². The molecule has 2 aliphatic rings. The second kappa shape index (κ2) is 4.76. The Kier molecular flexibility index (Phi) is 3.51. The molecule has 1 heterocycles. The van der Waals surface area contributed by atoms with E-state index in [1.807, 2.05) is 0 Å². The van der Waals surface area contributed by atoms with E-state index in [9.17, 15) is 9.59 Å². The number of carbonyl (C=O) groups excluding carboxylic acids is 1. The van der Waals surface area contributed by atoms with Gasteiger partial charge in [0.2, 0.25) is 0 Å². The van der Waals surface area contributed by atoms with Crippen LogP contribution in [0.25, 0.3) is 0 Å². The summed E-state index contributed by atoms with van der Waals surface area (Å²) in [5.41, 5.74) is 0. The molecule has 2 fully saturated rings. The Labute approximate surface area is 105 Å². The Hall–Kier alpha value is -0.910. The van der Waals surface area contributed by atoms with E-state index in [4.69, 9.17) is 5.11 Å². The number of carbonyl (C=O) groups is 2. The number of urea groups is 1. The maximum atomic E-state index is 12.1. The second-order valence-corrected chi connectivity index (χ2v) is 5.96. The topological polar surface area (TPSA) is 60.9 Å². The largest absolute Gasteiger partial charge is 0.480 e. The van der Waals surface area contributed by atoms with Gasteiger partial charge in [-0.2, -0.15) is 0 Å². The van der Waals surface area contributed by atoms with Gasteiger partial charge in [-0.1, -0.05) is 6.92 Å². The van der Waals surface area contributed by atoms with Gasteiger partial charge < -0.3 is 14.9 Å². The van der Waals surface area contributed by atoms with E-state index >= 15 is 0 Å². The fourth-order valence-corrected chi connectivity index (χ4v) is 3.28. The Bertz CT molecular complexity index is 337. The molecule has 2 rings (SSSR count). The number of thioether (sulfide) groups is 1. The van der Waals surface area contributed by atoms with Gasteiger partial charge in [-0.15, -0.1) is 11.8 Å². The molecule has 1 aliphatic heterocycles. The van der Waals surface area contributed by atoms with Gasteiger partial charge in [-0.25, -0.2) is 9.59 Å². The van der Waals surface area contributed by atoms with Gasteiger partial charge in [0.25, 0.3) is 0 Å². The van der Waals surface area contributed by atoms with E-state index in [1.54, 1.807) is 11.9 Å². The Morgan fingerprint density at radius 2 is 2.18 bits per heavy atom. The maximum absolute atomic E-state index is 12.1. The van der Waals surface area contributed by atoms with Crippen molar-refractivity contribution in [2.45, 2.75) is 19.4 Å². The molecule has 17 heavy (non-hydrogen) atoms. The smallest absolute Gasteiger partial charge is 0.327 e. The van der Waals surface area contributed by atoms with Crippen LogP contribution >= 0.6 is 11.8 Å². The van der Waals surface area contributed by atoms with E-state index < -0.39 is 12.0 Å². The summed E-state index contributed by atoms with van der Waals surface area (Å²) in [4.78, 5) is 26.2. The normalized spacial score (nSPS) is 31.4. The summed E-state index contributed by atoms with van der Waals surface area (Å²) >= 11 is 1.50. The first-order valence-corrected chi connectivity index (χ1v) is 6.98. The molecule has 0 aromatic carbocycles. The number of aliphatic carboxylic acids is 1. The maximum Gasteiger partial charge on any atom is 0.327 e. The fourth-order valence-electron chi connectivity index (χ4n) is 2.14. The van der Waals surface area contributed by atoms with Crippen molar-refractivity contribution in [2.24, 2.45) is 11.8 Å². The van der Waals surface area contributed by atoms with Crippen LogP contribution in [0.2, 0.25) is 0 Å². The summed E-state index contributed by atoms with van der Waals surface area (Å²) in [5, 5.41) is 9.02. The van der Waals surface area contributed by atoms with Crippen molar-refractivity contribution in [1.29, 1.82) is 0 Å². The average molecular weight is 258 g/mol. The zero-order valence-electron chi connectivity index (χ0n) is 10.1. The molecule has 1 aliphatic carbocycles. The molecule has 0 bridgehead atoms. The van der Waals surface area contributed by atoms with Crippen molar-refractivity contribution in [3.63, 3.8) is 0 Å². The van der Waals surface area contributed by atoms with Crippen LogP contribution in [0.3, 0.4) is 0 Å². The zero-order chi connectivity index (χ0) is 12.6. The lowest BCUT2D eigenvalue weighted by molar-refractivity contribution is -0.140. The Balaban J connectivity index is 1.91. The predicted molar refractivity (Wildman–Crippen MR) is 65.9 cm³/mol. The summed E-state index contributed by atoms with van der Waals surface area (Å²) in [7, 11) is 1.76. The van der Waals surface area contributed by atoms with E-state index in [1.165, 1.54) is 23.1 Å². The number of carboxylic acids is 1. The molecule has 1 saturated heterocycles. The first-order valence-electron chi connectivity index (χ1n) is 5.83. The minimum atomic E-state index is -0.906. The molecule has 0 aromatic heterocycles. The minimum Gasteiger partial charge on any atom is -0.480 e. The van der Waals surface area contributed by atoms with Crippen molar-refractivity contribution in [1.82, 2.24) is 9.80 Å². The third kappa shape index (κ3) is 2.68. The lowest BCUT2D eigenvalue weighted by Crippen LogP contribution is -2.48. The number of hydrogen-bond donors (Lipinski definition) is 1. The molecule has 0 aromatic rings. The van der Waals surface area contributed by atoms with Crippen LogP contribution < -0.4 is 0 Å². The Morgan fingerprint density at radius 3 is 2.71 bits per heavy atom. The minimum absolute atomic E-state index is 0.151. The molecule has 1 saturated carbocycles. The van der Waals surface area contributed by atoms with Gasteiger partial charge in [0.05, 0.1) is 5.88 Å². The van der Waals surface area contributed by atoms with Gasteiger partial charge in [0.15, 0.2) is 0 Å². The number of nitrogens with zero attached hydrogens (tertiary/aromatic N) is 2. The average Bonchev–Trinajstić information content (AvgIpc) is 2.82. The van der Waals surface area contributed by atoms with Crippen LogP contribution in [0.4, 0.5) is 4.79 Å². The van der Waals surface area contributed by atoms with Crippen LogP contribution in [0, 0.1) is 11.8 Å². The number of hydrogen-bond acceptors (Lipinski definition) is 3. The first-order chi connectivity index (χ1) is 8.00. The molecule has 2 amide bonds. The molecule has 5 nitrogen and oxygen atoms in total. The molecule has 0 radical (unpaired) electrons. The SMILES string of the molecule is CC1CC1CN(C)C(=O)N1CSCC1C(=O)O. The van der Waals surface area contributed by atoms with Crippen molar-refractivity contribution in [3.8, 4) is 0 Å². The highest BCUT2D eigenvalue weighted by Crippen LogP contribution is 2.38. The Morgan fingerprint density at radius 1 is 1.53 bits per heavy atom. The van der Waals surface area contributed by atoms with Gasteiger partial charge in [-0.3, -0.25) is 0 Å². The lowest BCUT2D eigenvalue weighted by Gasteiger charge is -2.27. The first kappa shape index (κ1) is 12.5. The summed E-state index contributed by atoms with van der Waals surface area (Å²) in [6.45, 7) is 2.92. The molecule has 3 unspecified atom stereocenters. The molecule has 6 heteroatoms. The number of rotatable bonds is 3. The molecule has 96 valence electrons. The molecule has 0 spiro atoms. The standard InChI is InChI=1S/C11H18N2O3S/c1-7-3-8(7)4-12(2)11(16)13-6-17-5-9(13)10(14)15/h7-9H,3-6H2,1-2H3,(H,14,15). The van der Waals surface area contributed by atoms with Gasteiger partial charge in [0.1, 0.15) is 6.04 Å². The quantitative estimate of drug-likeness (QED) is 0.825. The second-order valence-electron chi connectivity index (χ2n) is 4.96.